The van der Waals surface area contributed by atoms with E-state index in [4.69, 9.17) is 0 Å². The van der Waals surface area contributed by atoms with Crippen molar-refractivity contribution in [1.82, 2.24) is 0 Å². The highest BCUT2D eigenvalue weighted by molar-refractivity contribution is 7.45. The molecule has 0 heterocycles. The molecule has 0 spiro atoms. The lowest BCUT2D eigenvalue weighted by Crippen LogP contribution is -2.08. The van der Waals surface area contributed by atoms with Gasteiger partial charge in [0.15, 0.2) is 0 Å². The second-order valence-electron chi connectivity index (χ2n) is 6.91. The molecule has 1 nitrogen and oxygen atoms in total. The molecule has 0 radical (unpaired) electrons. The first-order valence-electron chi connectivity index (χ1n) is 9.43. The molecule has 0 aliphatic heterocycles. The van der Waals surface area contributed by atoms with E-state index in [1.54, 1.807) is 0 Å². The number of hydrogen-bond acceptors (Lipinski definition) is 1. The Hall–Kier alpha value is -0.550. The Kier molecular flexibility index (Phi) is 8.95. The van der Waals surface area contributed by atoms with Crippen LogP contribution >= 0.6 is 7.80 Å². The molecule has 2 rings (SSSR count). The normalized spacial score (nSPS) is 17.5. The van der Waals surface area contributed by atoms with Crippen LogP contribution in [0.2, 0.25) is 0 Å². The van der Waals surface area contributed by atoms with E-state index in [1.165, 1.54) is 82.6 Å². The lowest BCUT2D eigenvalue weighted by Gasteiger charge is -2.21. The lowest BCUT2D eigenvalue weighted by atomic mass is 10.0. The average Bonchev–Trinajstić information content (AvgIpc) is 2.59. The SMILES string of the molecule is O=[PH](CCCCCCCCc1ccccc1)C1CCCCC1. The van der Waals surface area contributed by atoms with E-state index in [0.717, 1.165) is 6.16 Å². The minimum Gasteiger partial charge on any atom is -0.327 e. The summed E-state index contributed by atoms with van der Waals surface area (Å²) >= 11 is 0. The highest BCUT2D eigenvalue weighted by Gasteiger charge is 2.18. The Morgan fingerprint density at radius 2 is 1.45 bits per heavy atom. The van der Waals surface area contributed by atoms with Crippen molar-refractivity contribution in [3.05, 3.63) is 35.9 Å². The zero-order valence-corrected chi connectivity index (χ0v) is 15.1. The summed E-state index contributed by atoms with van der Waals surface area (Å²) in [6.07, 6.45) is 16.6. The molecule has 1 aromatic carbocycles. The Morgan fingerprint density at radius 3 is 2.18 bits per heavy atom. The smallest absolute Gasteiger partial charge is 0.0791 e. The van der Waals surface area contributed by atoms with Gasteiger partial charge in [0.25, 0.3) is 0 Å². The van der Waals surface area contributed by atoms with Crippen molar-refractivity contribution in [1.29, 1.82) is 0 Å². The molecule has 0 N–H and O–H groups in total. The molecule has 2 heteroatoms. The van der Waals surface area contributed by atoms with Crippen LogP contribution < -0.4 is 0 Å². The second kappa shape index (κ2) is 11.1. The maximum Gasteiger partial charge on any atom is 0.0791 e. The van der Waals surface area contributed by atoms with E-state index in [-0.39, 0.29) is 0 Å². The molecule has 1 saturated carbocycles. The van der Waals surface area contributed by atoms with E-state index in [1.807, 2.05) is 0 Å². The van der Waals surface area contributed by atoms with Gasteiger partial charge in [-0.3, -0.25) is 0 Å². The van der Waals surface area contributed by atoms with Crippen LogP contribution in [0.15, 0.2) is 30.3 Å². The first-order chi connectivity index (χ1) is 10.9. The Morgan fingerprint density at radius 1 is 0.818 bits per heavy atom. The third kappa shape index (κ3) is 7.14. The molecule has 1 unspecified atom stereocenters. The first kappa shape index (κ1) is 17.8. The summed E-state index contributed by atoms with van der Waals surface area (Å²) in [5.41, 5.74) is 2.07. The average molecular weight is 320 g/mol. The van der Waals surface area contributed by atoms with Crippen LogP contribution in [-0.2, 0) is 11.0 Å². The largest absolute Gasteiger partial charge is 0.327 e. The molecule has 22 heavy (non-hydrogen) atoms. The van der Waals surface area contributed by atoms with Gasteiger partial charge in [-0.1, -0.05) is 75.3 Å². The van der Waals surface area contributed by atoms with Crippen LogP contribution in [0.1, 0.15) is 76.2 Å². The van der Waals surface area contributed by atoms with Crippen molar-refractivity contribution in [3.63, 3.8) is 0 Å². The maximum atomic E-state index is 12.3. The highest BCUT2D eigenvalue weighted by atomic mass is 31.1. The summed E-state index contributed by atoms with van der Waals surface area (Å²) < 4.78 is 12.3. The van der Waals surface area contributed by atoms with Crippen LogP contribution in [0, 0.1) is 0 Å². The number of rotatable bonds is 10. The standard InChI is InChI=1S/C20H33OP/c21-22(20-16-10-6-11-17-20)18-12-4-2-1-3-7-13-19-14-8-5-9-15-19/h5,8-9,14-15,20,22H,1-4,6-7,10-13,16-18H2. The van der Waals surface area contributed by atoms with Crippen molar-refractivity contribution >= 4 is 7.80 Å². The third-order valence-electron chi connectivity index (χ3n) is 5.04. The summed E-state index contributed by atoms with van der Waals surface area (Å²) in [6.45, 7) is 0. The van der Waals surface area contributed by atoms with E-state index < -0.39 is 7.80 Å². The molecule has 0 saturated heterocycles. The van der Waals surface area contributed by atoms with Crippen molar-refractivity contribution in [2.45, 2.75) is 82.7 Å². The Balaban J connectivity index is 1.42. The first-order valence-corrected chi connectivity index (χ1v) is 11.1. The van der Waals surface area contributed by atoms with Crippen LogP contribution in [0.4, 0.5) is 0 Å². The number of aryl methyl sites for hydroxylation is 1. The van der Waals surface area contributed by atoms with Gasteiger partial charge in [-0.25, -0.2) is 0 Å². The van der Waals surface area contributed by atoms with Crippen molar-refractivity contribution in [2.75, 3.05) is 6.16 Å². The van der Waals surface area contributed by atoms with Crippen LogP contribution in [0.25, 0.3) is 0 Å². The predicted octanol–water partition coefficient (Wildman–Crippen LogP) is 6.46. The van der Waals surface area contributed by atoms with Gasteiger partial charge in [-0.2, -0.15) is 0 Å². The van der Waals surface area contributed by atoms with E-state index in [9.17, 15) is 4.57 Å². The van der Waals surface area contributed by atoms with E-state index >= 15 is 0 Å². The topological polar surface area (TPSA) is 17.1 Å². The molecule has 1 aliphatic rings. The van der Waals surface area contributed by atoms with E-state index in [0.29, 0.717) is 5.66 Å². The molecular weight excluding hydrogens is 287 g/mol. The van der Waals surface area contributed by atoms with Gasteiger partial charge < -0.3 is 4.57 Å². The number of unbranched alkanes of at least 4 members (excludes halogenated alkanes) is 5. The third-order valence-corrected chi connectivity index (χ3v) is 7.38. The minimum absolute atomic E-state index is 0.602. The molecular formula is C20H33OP. The van der Waals surface area contributed by atoms with Gasteiger partial charge in [0.1, 0.15) is 0 Å². The zero-order valence-electron chi connectivity index (χ0n) is 14.1. The van der Waals surface area contributed by atoms with Crippen molar-refractivity contribution < 1.29 is 4.57 Å². The van der Waals surface area contributed by atoms with E-state index in [2.05, 4.69) is 30.3 Å². The fourth-order valence-corrected chi connectivity index (χ4v) is 5.67. The minimum atomic E-state index is -1.27. The fourth-order valence-electron chi connectivity index (χ4n) is 3.61. The highest BCUT2D eigenvalue weighted by Crippen LogP contribution is 2.39. The molecule has 124 valence electrons. The molecule has 0 aromatic heterocycles. The molecule has 1 fully saturated rings. The van der Waals surface area contributed by atoms with Gasteiger partial charge in [-0.05, 0) is 43.8 Å². The van der Waals surface area contributed by atoms with Crippen molar-refractivity contribution in [3.8, 4) is 0 Å². The monoisotopic (exact) mass is 320 g/mol. The molecule has 1 aromatic rings. The molecule has 1 atom stereocenters. The van der Waals surface area contributed by atoms with Gasteiger partial charge in [0.2, 0.25) is 0 Å². The van der Waals surface area contributed by atoms with Crippen molar-refractivity contribution in [2.24, 2.45) is 0 Å². The fraction of sp³-hybridized carbons (Fsp3) is 0.700. The Labute approximate surface area is 137 Å². The van der Waals surface area contributed by atoms with Gasteiger partial charge in [-0.15, -0.1) is 0 Å². The molecule has 1 aliphatic carbocycles. The van der Waals surface area contributed by atoms with Gasteiger partial charge in [0.05, 0.1) is 7.80 Å². The number of benzene rings is 1. The maximum absolute atomic E-state index is 12.3. The quantitative estimate of drug-likeness (QED) is 0.357. The summed E-state index contributed by atoms with van der Waals surface area (Å²) in [7, 11) is -1.27. The zero-order chi connectivity index (χ0) is 15.5. The summed E-state index contributed by atoms with van der Waals surface area (Å²) in [5, 5.41) is 0. The van der Waals surface area contributed by atoms with Crippen LogP contribution in [-0.4, -0.2) is 11.8 Å². The predicted molar refractivity (Wildman–Crippen MR) is 98.6 cm³/mol. The van der Waals surface area contributed by atoms with Crippen LogP contribution in [0.5, 0.6) is 0 Å². The van der Waals surface area contributed by atoms with Gasteiger partial charge >= 0.3 is 0 Å². The van der Waals surface area contributed by atoms with Crippen LogP contribution in [0.3, 0.4) is 0 Å². The summed E-state index contributed by atoms with van der Waals surface area (Å²) in [4.78, 5) is 0. The van der Waals surface area contributed by atoms with Gasteiger partial charge in [0, 0.05) is 5.66 Å². The Bertz CT molecular complexity index is 409. The molecule has 0 amide bonds. The summed E-state index contributed by atoms with van der Waals surface area (Å²) in [5.74, 6) is 0. The summed E-state index contributed by atoms with van der Waals surface area (Å²) in [6, 6.07) is 10.8. The second-order valence-corrected chi connectivity index (χ2v) is 9.16. The lowest BCUT2D eigenvalue weighted by molar-refractivity contribution is 0.489. The molecule has 0 bridgehead atoms. The number of hydrogen-bond donors (Lipinski definition) is 0.